The van der Waals surface area contributed by atoms with E-state index in [4.69, 9.17) is 0 Å². The minimum atomic E-state index is -1.41. The van der Waals surface area contributed by atoms with E-state index in [0.29, 0.717) is 0 Å². The van der Waals surface area contributed by atoms with E-state index in [1.807, 2.05) is 26.0 Å². The first-order chi connectivity index (χ1) is 10.6. The van der Waals surface area contributed by atoms with Gasteiger partial charge in [-0.05, 0) is 44.4 Å². The predicted octanol–water partition coefficient (Wildman–Crippen LogP) is 2.10. The normalized spacial score (nSPS) is 16.9. The molecule has 1 heterocycles. The zero-order chi connectivity index (χ0) is 17.5. The number of rotatable bonds is 4. The van der Waals surface area contributed by atoms with Crippen molar-refractivity contribution >= 4 is 17.8 Å². The van der Waals surface area contributed by atoms with Crippen LogP contribution in [0.3, 0.4) is 0 Å². The lowest BCUT2D eigenvalue weighted by Gasteiger charge is -2.23. The number of aliphatic carboxylic acids is 2. The van der Waals surface area contributed by atoms with Crippen molar-refractivity contribution in [2.75, 3.05) is 0 Å². The molecule has 23 heavy (non-hydrogen) atoms. The number of benzene rings is 1. The Hall–Kier alpha value is -2.63. The molecule has 6 heteroatoms. The Morgan fingerprint density at radius 3 is 2.26 bits per heavy atom. The van der Waals surface area contributed by atoms with Crippen LogP contribution >= 0.6 is 0 Å². The number of carbonyl (C=O) groups excluding carboxylic acids is 1. The van der Waals surface area contributed by atoms with E-state index in [-0.39, 0.29) is 12.1 Å². The van der Waals surface area contributed by atoms with Gasteiger partial charge in [-0.15, -0.1) is 0 Å². The van der Waals surface area contributed by atoms with Crippen molar-refractivity contribution in [3.63, 3.8) is 0 Å². The minimum absolute atomic E-state index is 0.0359. The van der Waals surface area contributed by atoms with Gasteiger partial charge in [0.05, 0.1) is 17.5 Å². The van der Waals surface area contributed by atoms with Crippen LogP contribution in [-0.2, 0) is 20.9 Å². The smallest absolute Gasteiger partial charge is 0.353 e. The first kappa shape index (κ1) is 16.7. The summed E-state index contributed by atoms with van der Waals surface area (Å²) in [6.45, 7) is 6.72. The Morgan fingerprint density at radius 1 is 1.13 bits per heavy atom. The fourth-order valence-electron chi connectivity index (χ4n) is 2.87. The molecule has 0 unspecified atom stereocenters. The van der Waals surface area contributed by atoms with Crippen molar-refractivity contribution in [1.29, 1.82) is 0 Å². The maximum Gasteiger partial charge on any atom is 0.353 e. The van der Waals surface area contributed by atoms with E-state index in [0.717, 1.165) is 21.6 Å². The number of hydrogen-bond donors (Lipinski definition) is 2. The standard InChI is InChI=1S/C17H19NO5/c1-9-6-5-7-11(10(9)2)8-18-13(15(21)22)12(14(19)20)17(3,4)16(18)23/h5-7H,8H2,1-4H3,(H,19,20)(H,21,22). The number of carboxylic acids is 2. The molecular formula is C17H19NO5. The van der Waals surface area contributed by atoms with Crippen LogP contribution in [-0.4, -0.2) is 33.0 Å². The summed E-state index contributed by atoms with van der Waals surface area (Å²) in [4.78, 5) is 36.8. The van der Waals surface area contributed by atoms with Gasteiger partial charge in [-0.25, -0.2) is 9.59 Å². The van der Waals surface area contributed by atoms with Gasteiger partial charge in [0.1, 0.15) is 5.70 Å². The highest BCUT2D eigenvalue weighted by molar-refractivity contribution is 6.11. The molecule has 0 atom stereocenters. The molecule has 2 rings (SSSR count). The summed E-state index contributed by atoms with van der Waals surface area (Å²) in [6.07, 6.45) is 0. The second-order valence-electron chi connectivity index (χ2n) is 6.21. The molecule has 0 aromatic heterocycles. The average Bonchev–Trinajstić information content (AvgIpc) is 2.64. The van der Waals surface area contributed by atoms with Crippen LogP contribution in [0.4, 0.5) is 0 Å². The molecule has 0 spiro atoms. The number of amides is 1. The lowest BCUT2D eigenvalue weighted by atomic mass is 9.85. The first-order valence-corrected chi connectivity index (χ1v) is 7.17. The first-order valence-electron chi connectivity index (χ1n) is 7.17. The zero-order valence-corrected chi connectivity index (χ0v) is 13.5. The molecule has 1 aliphatic rings. The largest absolute Gasteiger partial charge is 0.478 e. The summed E-state index contributed by atoms with van der Waals surface area (Å²) in [5, 5.41) is 18.8. The Balaban J connectivity index is 2.57. The van der Waals surface area contributed by atoms with Crippen molar-refractivity contribution in [2.24, 2.45) is 5.41 Å². The van der Waals surface area contributed by atoms with Crippen LogP contribution in [0.1, 0.15) is 30.5 Å². The summed E-state index contributed by atoms with van der Waals surface area (Å²) in [6, 6.07) is 5.55. The molecular weight excluding hydrogens is 298 g/mol. The van der Waals surface area contributed by atoms with Gasteiger partial charge in [0.25, 0.3) is 0 Å². The zero-order valence-electron chi connectivity index (χ0n) is 13.5. The second kappa shape index (κ2) is 5.53. The Labute approximate surface area is 134 Å². The van der Waals surface area contributed by atoms with Gasteiger partial charge in [-0.1, -0.05) is 18.2 Å². The molecule has 6 nitrogen and oxygen atoms in total. The van der Waals surface area contributed by atoms with Crippen molar-refractivity contribution < 1.29 is 24.6 Å². The van der Waals surface area contributed by atoms with Gasteiger partial charge in [0.15, 0.2) is 0 Å². The van der Waals surface area contributed by atoms with Gasteiger partial charge >= 0.3 is 11.9 Å². The third-order valence-corrected chi connectivity index (χ3v) is 4.37. The third kappa shape index (κ3) is 2.60. The van der Waals surface area contributed by atoms with E-state index in [1.54, 1.807) is 6.07 Å². The third-order valence-electron chi connectivity index (χ3n) is 4.37. The molecule has 0 fully saturated rings. The summed E-state index contributed by atoms with van der Waals surface area (Å²) >= 11 is 0. The van der Waals surface area contributed by atoms with E-state index >= 15 is 0 Å². The van der Waals surface area contributed by atoms with Crippen LogP contribution in [0, 0.1) is 19.3 Å². The molecule has 0 radical (unpaired) electrons. The van der Waals surface area contributed by atoms with Gasteiger partial charge in [-0.2, -0.15) is 0 Å². The maximum absolute atomic E-state index is 12.6. The van der Waals surface area contributed by atoms with E-state index < -0.39 is 29.0 Å². The van der Waals surface area contributed by atoms with Crippen LogP contribution in [0.5, 0.6) is 0 Å². The predicted molar refractivity (Wildman–Crippen MR) is 82.5 cm³/mol. The monoisotopic (exact) mass is 317 g/mol. The lowest BCUT2D eigenvalue weighted by Crippen LogP contribution is -2.34. The number of carboxylic acid groups (broad SMARTS) is 2. The van der Waals surface area contributed by atoms with Crippen molar-refractivity contribution in [2.45, 2.75) is 34.2 Å². The summed E-state index contributed by atoms with van der Waals surface area (Å²) in [7, 11) is 0. The molecule has 0 saturated carbocycles. The number of aryl methyl sites for hydroxylation is 1. The Morgan fingerprint density at radius 2 is 1.74 bits per heavy atom. The quantitative estimate of drug-likeness (QED) is 0.886. The van der Waals surface area contributed by atoms with Crippen molar-refractivity contribution in [3.05, 3.63) is 46.2 Å². The summed E-state index contributed by atoms with van der Waals surface area (Å²) in [5.74, 6) is -3.32. The van der Waals surface area contributed by atoms with Crippen LogP contribution in [0.2, 0.25) is 0 Å². The van der Waals surface area contributed by atoms with Crippen molar-refractivity contribution in [3.8, 4) is 0 Å². The van der Waals surface area contributed by atoms with Gasteiger partial charge < -0.3 is 15.1 Å². The maximum atomic E-state index is 12.6. The highest BCUT2D eigenvalue weighted by atomic mass is 16.4. The molecule has 122 valence electrons. The number of hydrogen-bond acceptors (Lipinski definition) is 3. The topological polar surface area (TPSA) is 94.9 Å². The fourth-order valence-corrected chi connectivity index (χ4v) is 2.87. The molecule has 0 saturated heterocycles. The minimum Gasteiger partial charge on any atom is -0.478 e. The molecule has 2 N–H and O–H groups in total. The number of nitrogens with zero attached hydrogens (tertiary/aromatic N) is 1. The number of carbonyl (C=O) groups is 3. The highest BCUT2D eigenvalue weighted by Gasteiger charge is 2.51. The van der Waals surface area contributed by atoms with Crippen molar-refractivity contribution in [1.82, 2.24) is 4.90 Å². The van der Waals surface area contributed by atoms with Crippen LogP contribution < -0.4 is 0 Å². The van der Waals surface area contributed by atoms with Gasteiger partial charge in [-0.3, -0.25) is 4.79 Å². The average molecular weight is 317 g/mol. The Bertz CT molecular complexity index is 745. The van der Waals surface area contributed by atoms with Gasteiger partial charge in [0.2, 0.25) is 5.91 Å². The SMILES string of the molecule is Cc1cccc(CN2C(=O)C(C)(C)C(C(=O)O)=C2C(=O)O)c1C. The molecule has 0 aliphatic carbocycles. The lowest BCUT2D eigenvalue weighted by molar-refractivity contribution is -0.141. The molecule has 1 aliphatic heterocycles. The Kier molecular flexibility index (Phi) is 4.03. The fraction of sp³-hybridized carbons (Fsp3) is 0.353. The second-order valence-corrected chi connectivity index (χ2v) is 6.21. The van der Waals surface area contributed by atoms with Crippen LogP contribution in [0.25, 0.3) is 0 Å². The summed E-state index contributed by atoms with van der Waals surface area (Å²) in [5.41, 5.74) is 0.560. The molecule has 1 aromatic carbocycles. The van der Waals surface area contributed by atoms with Crippen LogP contribution in [0.15, 0.2) is 29.5 Å². The summed E-state index contributed by atoms with van der Waals surface area (Å²) < 4.78 is 0. The molecule has 1 amide bonds. The molecule has 1 aromatic rings. The highest BCUT2D eigenvalue weighted by Crippen LogP contribution is 2.41. The van der Waals surface area contributed by atoms with E-state index in [9.17, 15) is 24.6 Å². The molecule has 0 bridgehead atoms. The van der Waals surface area contributed by atoms with E-state index in [1.165, 1.54) is 13.8 Å². The van der Waals surface area contributed by atoms with E-state index in [2.05, 4.69) is 0 Å². The van der Waals surface area contributed by atoms with Gasteiger partial charge in [0, 0.05) is 0 Å².